The number of ether oxygens (including phenoxy) is 1. The minimum atomic E-state index is -4.53. The fourth-order valence-electron chi connectivity index (χ4n) is 3.58. The summed E-state index contributed by atoms with van der Waals surface area (Å²) in [4.78, 5) is 16.8. The number of halogens is 4. The zero-order valence-corrected chi connectivity index (χ0v) is 14.6. The van der Waals surface area contributed by atoms with Gasteiger partial charge in [0.25, 0.3) is 0 Å². The van der Waals surface area contributed by atoms with Gasteiger partial charge in [0.15, 0.2) is 0 Å². The van der Waals surface area contributed by atoms with Crippen LogP contribution in [0.1, 0.15) is 37.4 Å². The Morgan fingerprint density at radius 3 is 2.64 bits per heavy atom. The molecule has 0 atom stereocenters. The molecule has 9 heteroatoms. The molecule has 1 aromatic rings. The molecule has 0 radical (unpaired) electrons. The minimum Gasteiger partial charge on any atom is -0.474 e. The van der Waals surface area contributed by atoms with Crippen LogP contribution in [0.2, 0.25) is 0 Å². The lowest BCUT2D eigenvalue weighted by Crippen LogP contribution is -2.46. The Bertz CT molecular complexity index is 648. The van der Waals surface area contributed by atoms with E-state index in [0.717, 1.165) is 31.9 Å². The average Bonchev–Trinajstić information content (AvgIpc) is 2.91. The molecule has 0 bridgehead atoms. The molecule has 1 aromatic heterocycles. The van der Waals surface area contributed by atoms with Crippen LogP contribution < -0.4 is 10.5 Å². The predicted molar refractivity (Wildman–Crippen MR) is 87.3 cm³/mol. The van der Waals surface area contributed by atoms with E-state index in [1.54, 1.807) is 6.92 Å². The van der Waals surface area contributed by atoms with Crippen LogP contribution >= 0.6 is 12.4 Å². The van der Waals surface area contributed by atoms with Crippen molar-refractivity contribution in [3.63, 3.8) is 0 Å². The number of nitrogens with two attached hydrogens (primary N) is 1. The Labute approximate surface area is 150 Å². The summed E-state index contributed by atoms with van der Waals surface area (Å²) in [6, 6.07) is 2.40. The van der Waals surface area contributed by atoms with Crippen LogP contribution in [0, 0.1) is 5.41 Å². The second kappa shape index (κ2) is 6.99. The quantitative estimate of drug-likeness (QED) is 0.876. The van der Waals surface area contributed by atoms with Crippen LogP contribution in [0.15, 0.2) is 12.1 Å². The fourth-order valence-corrected chi connectivity index (χ4v) is 3.58. The standard InChI is InChI=1S/C16H20F3N3O2.ClH/c1-10(23)22-3-2-15(9-22)6-12(7-15)24-14-5-11(8-20)4-13(21-14)16(17,18)19;/h4-5,12H,2-3,6-9,20H2,1H3;1H. The molecule has 1 aliphatic heterocycles. The number of amides is 1. The van der Waals surface area contributed by atoms with Crippen molar-refractivity contribution in [2.75, 3.05) is 13.1 Å². The summed E-state index contributed by atoms with van der Waals surface area (Å²) in [5, 5.41) is 0. The third-order valence-corrected chi connectivity index (χ3v) is 4.88. The Kier molecular flexibility index (Phi) is 5.53. The molecule has 2 aliphatic rings. The molecule has 140 valence electrons. The molecular weight excluding hydrogens is 359 g/mol. The van der Waals surface area contributed by atoms with Crippen molar-refractivity contribution in [3.8, 4) is 5.88 Å². The zero-order chi connectivity index (χ0) is 17.5. The summed E-state index contributed by atoms with van der Waals surface area (Å²) in [7, 11) is 0. The maximum atomic E-state index is 12.9. The molecular formula is C16H21ClF3N3O2. The van der Waals surface area contributed by atoms with Crippen molar-refractivity contribution >= 4 is 18.3 Å². The van der Waals surface area contributed by atoms with Gasteiger partial charge in [-0.15, -0.1) is 12.4 Å². The first-order chi connectivity index (χ1) is 11.2. The molecule has 2 heterocycles. The zero-order valence-electron chi connectivity index (χ0n) is 13.8. The van der Waals surface area contributed by atoms with Crippen molar-refractivity contribution in [1.82, 2.24) is 9.88 Å². The number of hydrogen-bond acceptors (Lipinski definition) is 4. The number of hydrogen-bond donors (Lipinski definition) is 1. The van der Waals surface area contributed by atoms with Crippen LogP contribution in [0.25, 0.3) is 0 Å². The Balaban J connectivity index is 0.00000225. The van der Waals surface area contributed by atoms with Crippen LogP contribution in [-0.4, -0.2) is 35.0 Å². The third kappa shape index (κ3) is 4.17. The normalized spacial score (nSPS) is 25.5. The molecule has 2 N–H and O–H groups in total. The van der Waals surface area contributed by atoms with E-state index in [4.69, 9.17) is 10.5 Å². The maximum Gasteiger partial charge on any atom is 0.433 e. The number of alkyl halides is 3. The van der Waals surface area contributed by atoms with Crippen LogP contribution in [0.5, 0.6) is 5.88 Å². The molecule has 1 saturated carbocycles. The molecule has 0 aromatic carbocycles. The van der Waals surface area contributed by atoms with E-state index in [-0.39, 0.29) is 42.3 Å². The average molecular weight is 380 g/mol. The maximum absolute atomic E-state index is 12.9. The lowest BCUT2D eigenvalue weighted by Gasteiger charge is -2.44. The third-order valence-electron chi connectivity index (χ3n) is 4.88. The Morgan fingerprint density at radius 2 is 2.12 bits per heavy atom. The van der Waals surface area contributed by atoms with Gasteiger partial charge in [0.1, 0.15) is 11.8 Å². The van der Waals surface area contributed by atoms with E-state index < -0.39 is 11.9 Å². The number of pyridine rings is 1. The van der Waals surface area contributed by atoms with Crippen molar-refractivity contribution in [1.29, 1.82) is 0 Å². The van der Waals surface area contributed by atoms with E-state index in [9.17, 15) is 18.0 Å². The second-order valence-electron chi connectivity index (χ2n) is 6.74. The summed E-state index contributed by atoms with van der Waals surface area (Å²) >= 11 is 0. The molecule has 1 spiro atoms. The first kappa shape index (κ1) is 19.8. The van der Waals surface area contributed by atoms with E-state index in [1.165, 1.54) is 6.07 Å². The van der Waals surface area contributed by atoms with Gasteiger partial charge in [-0.1, -0.05) is 0 Å². The second-order valence-corrected chi connectivity index (χ2v) is 6.74. The first-order valence-electron chi connectivity index (χ1n) is 7.91. The van der Waals surface area contributed by atoms with Gasteiger partial charge in [-0.3, -0.25) is 4.79 Å². The number of carbonyl (C=O) groups excluding carboxylic acids is 1. The lowest BCUT2D eigenvalue weighted by atomic mass is 9.66. The van der Waals surface area contributed by atoms with E-state index in [2.05, 4.69) is 4.98 Å². The van der Waals surface area contributed by atoms with Gasteiger partial charge < -0.3 is 15.4 Å². The predicted octanol–water partition coefficient (Wildman–Crippen LogP) is 2.76. The van der Waals surface area contributed by atoms with Gasteiger partial charge in [0.2, 0.25) is 11.8 Å². The van der Waals surface area contributed by atoms with E-state index in [1.807, 2.05) is 4.90 Å². The van der Waals surface area contributed by atoms with Crippen molar-refractivity contribution < 1.29 is 22.7 Å². The van der Waals surface area contributed by atoms with Gasteiger partial charge in [0, 0.05) is 32.6 Å². The topological polar surface area (TPSA) is 68.5 Å². The summed E-state index contributed by atoms with van der Waals surface area (Å²) in [5.41, 5.74) is 4.86. The summed E-state index contributed by atoms with van der Waals surface area (Å²) in [6.45, 7) is 2.98. The summed E-state index contributed by atoms with van der Waals surface area (Å²) < 4.78 is 44.3. The van der Waals surface area contributed by atoms with Gasteiger partial charge in [-0.2, -0.15) is 13.2 Å². The smallest absolute Gasteiger partial charge is 0.433 e. The monoisotopic (exact) mass is 379 g/mol. The lowest BCUT2D eigenvalue weighted by molar-refractivity contribution is -0.141. The molecule has 1 amide bonds. The first-order valence-corrected chi connectivity index (χ1v) is 7.91. The molecule has 1 saturated heterocycles. The van der Waals surface area contributed by atoms with Crippen molar-refractivity contribution in [3.05, 3.63) is 23.4 Å². The Morgan fingerprint density at radius 1 is 1.44 bits per heavy atom. The highest BCUT2D eigenvalue weighted by molar-refractivity contribution is 5.85. The molecule has 5 nitrogen and oxygen atoms in total. The van der Waals surface area contributed by atoms with Gasteiger partial charge in [0.05, 0.1) is 0 Å². The number of carbonyl (C=O) groups is 1. The molecule has 1 aliphatic carbocycles. The fraction of sp³-hybridized carbons (Fsp3) is 0.625. The minimum absolute atomic E-state index is 0. The van der Waals surface area contributed by atoms with Crippen molar-refractivity contribution in [2.45, 2.75) is 45.0 Å². The van der Waals surface area contributed by atoms with Gasteiger partial charge in [-0.25, -0.2) is 4.98 Å². The van der Waals surface area contributed by atoms with Crippen LogP contribution in [-0.2, 0) is 17.5 Å². The summed E-state index contributed by atoms with van der Waals surface area (Å²) in [6.07, 6.45) is -2.33. The van der Waals surface area contributed by atoms with Gasteiger partial charge >= 0.3 is 6.18 Å². The molecule has 25 heavy (non-hydrogen) atoms. The number of nitrogens with zero attached hydrogens (tertiary/aromatic N) is 2. The number of likely N-dealkylation sites (tertiary alicyclic amines) is 1. The van der Waals surface area contributed by atoms with Crippen LogP contribution in [0.3, 0.4) is 0 Å². The summed E-state index contributed by atoms with van der Waals surface area (Å²) in [5.74, 6) is 0.0231. The number of aromatic nitrogens is 1. The SMILES string of the molecule is CC(=O)N1CCC2(CC(Oc3cc(CN)cc(C(F)(F)F)n3)C2)C1.Cl. The van der Waals surface area contributed by atoms with E-state index >= 15 is 0 Å². The highest BCUT2D eigenvalue weighted by Crippen LogP contribution is 2.49. The van der Waals surface area contributed by atoms with Crippen LogP contribution in [0.4, 0.5) is 13.2 Å². The largest absolute Gasteiger partial charge is 0.474 e. The highest BCUT2D eigenvalue weighted by atomic mass is 35.5. The Hall–Kier alpha value is -1.54. The number of rotatable bonds is 3. The highest BCUT2D eigenvalue weighted by Gasteiger charge is 2.50. The molecule has 0 unspecified atom stereocenters. The van der Waals surface area contributed by atoms with Crippen molar-refractivity contribution in [2.24, 2.45) is 11.1 Å². The van der Waals surface area contributed by atoms with Gasteiger partial charge in [-0.05, 0) is 36.3 Å². The molecule has 2 fully saturated rings. The molecule has 3 rings (SSSR count). The van der Waals surface area contributed by atoms with E-state index in [0.29, 0.717) is 12.1 Å².